The Labute approximate surface area is 161 Å². The molecule has 0 spiro atoms. The van der Waals surface area contributed by atoms with Gasteiger partial charge in [-0.1, -0.05) is 55.1 Å². The van der Waals surface area contributed by atoms with Crippen LogP contribution in [0.2, 0.25) is 0 Å². The first-order chi connectivity index (χ1) is 12.4. The van der Waals surface area contributed by atoms with Crippen LogP contribution in [0.25, 0.3) is 17.8 Å². The van der Waals surface area contributed by atoms with E-state index in [1.165, 1.54) is 0 Å². The molecule has 1 heterocycles. The number of benzene rings is 1. The third kappa shape index (κ3) is 4.36. The van der Waals surface area contributed by atoms with Crippen molar-refractivity contribution in [3.8, 4) is 0 Å². The van der Waals surface area contributed by atoms with Crippen molar-refractivity contribution in [3.05, 3.63) is 72.0 Å². The molecule has 0 aliphatic rings. The van der Waals surface area contributed by atoms with Gasteiger partial charge in [0.1, 0.15) is 11.3 Å². The lowest BCUT2D eigenvalue weighted by molar-refractivity contribution is 0.467. The minimum atomic E-state index is -0.147. The number of hydrogen-bond donors (Lipinski definition) is 1. The summed E-state index contributed by atoms with van der Waals surface area (Å²) in [5.41, 5.74) is 5.86. The highest BCUT2D eigenvalue weighted by atomic mass is 35.5. The number of hydrogen-bond acceptors (Lipinski definition) is 3. The monoisotopic (exact) mass is 367 g/mol. The van der Waals surface area contributed by atoms with Crippen LogP contribution < -0.4 is 5.32 Å². The van der Waals surface area contributed by atoms with Crippen molar-refractivity contribution in [3.63, 3.8) is 0 Å². The molecule has 136 valence electrons. The van der Waals surface area contributed by atoms with Gasteiger partial charge in [0.2, 0.25) is 0 Å². The minimum Gasteiger partial charge on any atom is -0.358 e. The van der Waals surface area contributed by atoms with Crippen molar-refractivity contribution in [2.45, 2.75) is 26.3 Å². The van der Waals surface area contributed by atoms with Crippen LogP contribution in [0.5, 0.6) is 0 Å². The lowest BCUT2D eigenvalue weighted by Crippen LogP contribution is -2.23. The fraction of sp³-hybridized carbons (Fsp3) is 0.227. The minimum absolute atomic E-state index is 0.147. The number of rotatable bonds is 7. The molecule has 0 saturated carbocycles. The second-order valence-electron chi connectivity index (χ2n) is 6.15. The zero-order chi connectivity index (χ0) is 19.3. The lowest BCUT2D eigenvalue weighted by atomic mass is 10.0. The molecule has 1 unspecified atom stereocenters. The molecule has 1 N–H and O–H groups in total. The zero-order valence-corrected chi connectivity index (χ0v) is 16.6. The first-order valence-corrected chi connectivity index (χ1v) is 9.00. The summed E-state index contributed by atoms with van der Waals surface area (Å²) in [5.74, 6) is 0.805. The summed E-state index contributed by atoms with van der Waals surface area (Å²) in [6, 6.07) is 8.06. The van der Waals surface area contributed by atoms with E-state index in [-0.39, 0.29) is 5.50 Å². The highest BCUT2D eigenvalue weighted by Gasteiger charge is 2.16. The average molecular weight is 368 g/mol. The molecule has 4 heteroatoms. The molecule has 0 amide bonds. The smallest absolute Gasteiger partial charge is 0.137 e. The van der Waals surface area contributed by atoms with Gasteiger partial charge in [0.15, 0.2) is 0 Å². The summed E-state index contributed by atoms with van der Waals surface area (Å²) in [6.07, 6.45) is 7.74. The normalized spacial score (nSPS) is 12.0. The molecule has 0 fully saturated rings. The van der Waals surface area contributed by atoms with Gasteiger partial charge < -0.3 is 10.2 Å². The third-order valence-corrected chi connectivity index (χ3v) is 4.67. The number of nitrogens with one attached hydrogen (secondary N) is 1. The number of aromatic nitrogens is 1. The van der Waals surface area contributed by atoms with E-state index < -0.39 is 0 Å². The Balaban J connectivity index is 2.46. The van der Waals surface area contributed by atoms with Gasteiger partial charge in [-0.25, -0.2) is 4.98 Å². The van der Waals surface area contributed by atoms with Crippen LogP contribution in [-0.4, -0.2) is 22.4 Å². The summed E-state index contributed by atoms with van der Waals surface area (Å²) in [6.45, 7) is 14.0. The number of halogens is 1. The molecule has 1 aromatic carbocycles. The van der Waals surface area contributed by atoms with Gasteiger partial charge in [0.05, 0.1) is 0 Å². The number of nitrogens with zero attached hydrogens (tertiary/aromatic N) is 2. The molecule has 26 heavy (non-hydrogen) atoms. The Hall–Kier alpha value is -2.52. The summed E-state index contributed by atoms with van der Waals surface area (Å²) in [5, 5.41) is 3.41. The van der Waals surface area contributed by atoms with Gasteiger partial charge in [-0.2, -0.15) is 0 Å². The Kier molecular flexibility index (Phi) is 6.64. The van der Waals surface area contributed by atoms with Crippen LogP contribution in [0.15, 0.2) is 49.7 Å². The summed E-state index contributed by atoms with van der Waals surface area (Å²) >= 11 is 6.20. The Morgan fingerprint density at radius 3 is 2.73 bits per heavy atom. The Bertz CT molecular complexity index is 837. The average Bonchev–Trinajstić information content (AvgIpc) is 2.63. The molecule has 0 radical (unpaired) electrons. The number of anilines is 2. The van der Waals surface area contributed by atoms with Gasteiger partial charge in [-0.3, -0.25) is 0 Å². The van der Waals surface area contributed by atoms with Crippen molar-refractivity contribution in [1.82, 2.24) is 9.88 Å². The molecule has 0 bridgehead atoms. The predicted octanol–water partition coefficient (Wildman–Crippen LogP) is 6.30. The van der Waals surface area contributed by atoms with Crippen molar-refractivity contribution < 1.29 is 0 Å². The van der Waals surface area contributed by atoms with Gasteiger partial charge in [-0.05, 0) is 44.0 Å². The van der Waals surface area contributed by atoms with Crippen LogP contribution in [0.3, 0.4) is 0 Å². The quantitative estimate of drug-likeness (QED) is 0.460. The third-order valence-electron chi connectivity index (χ3n) is 4.37. The van der Waals surface area contributed by atoms with E-state index in [2.05, 4.69) is 36.5 Å². The number of pyridine rings is 1. The second-order valence-corrected chi connectivity index (χ2v) is 6.78. The topological polar surface area (TPSA) is 28.2 Å². The van der Waals surface area contributed by atoms with Crippen LogP contribution >= 0.6 is 11.6 Å². The summed E-state index contributed by atoms with van der Waals surface area (Å²) in [4.78, 5) is 6.59. The van der Waals surface area contributed by atoms with Crippen LogP contribution in [0, 0.1) is 6.92 Å². The van der Waals surface area contributed by atoms with Crippen molar-refractivity contribution in [2.75, 3.05) is 12.4 Å². The van der Waals surface area contributed by atoms with Crippen molar-refractivity contribution in [1.29, 1.82) is 0 Å². The van der Waals surface area contributed by atoms with Crippen molar-refractivity contribution in [2.24, 2.45) is 0 Å². The maximum atomic E-state index is 6.20. The van der Waals surface area contributed by atoms with E-state index in [1.807, 2.05) is 68.4 Å². The van der Waals surface area contributed by atoms with Gasteiger partial charge in [-0.15, -0.1) is 0 Å². The fourth-order valence-electron chi connectivity index (χ4n) is 2.66. The van der Waals surface area contributed by atoms with Crippen LogP contribution in [0.4, 0.5) is 11.5 Å². The SMILES string of the molecule is C=Cc1cccc(Nc2ncc(C(=C)N(C)C(C)Cl)c(C)c2/C=C\C)c1. The standard InChI is InChI=1S/C22H26ClN3/c1-7-10-20-15(3)21(16(4)26(6)17(5)23)14-24-22(20)25-19-12-9-11-18(8-2)13-19/h7-14,17H,2,4H2,1,3,5-6H3,(H,24,25)/b10-7-. The first kappa shape index (κ1) is 19.8. The van der Waals surface area contributed by atoms with Crippen LogP contribution in [0.1, 0.15) is 36.1 Å². The van der Waals surface area contributed by atoms with E-state index in [9.17, 15) is 0 Å². The molecule has 0 saturated heterocycles. The van der Waals surface area contributed by atoms with E-state index in [0.717, 1.165) is 39.5 Å². The highest BCUT2D eigenvalue weighted by molar-refractivity contribution is 6.20. The lowest BCUT2D eigenvalue weighted by Gasteiger charge is -2.26. The maximum absolute atomic E-state index is 6.20. The van der Waals surface area contributed by atoms with Gasteiger partial charge >= 0.3 is 0 Å². The van der Waals surface area contributed by atoms with Gasteiger partial charge in [0, 0.05) is 35.8 Å². The predicted molar refractivity (Wildman–Crippen MR) is 116 cm³/mol. The number of allylic oxidation sites excluding steroid dienone is 1. The maximum Gasteiger partial charge on any atom is 0.137 e. The fourth-order valence-corrected chi connectivity index (χ4v) is 2.78. The zero-order valence-electron chi connectivity index (χ0n) is 15.9. The Morgan fingerprint density at radius 1 is 1.38 bits per heavy atom. The summed E-state index contributed by atoms with van der Waals surface area (Å²) < 4.78 is 0. The largest absolute Gasteiger partial charge is 0.358 e. The van der Waals surface area contributed by atoms with Crippen molar-refractivity contribution >= 4 is 41.0 Å². The molecular formula is C22H26ClN3. The van der Waals surface area contributed by atoms with Gasteiger partial charge in [0.25, 0.3) is 0 Å². The molecule has 2 rings (SSSR count). The number of alkyl halides is 1. The van der Waals surface area contributed by atoms with E-state index in [4.69, 9.17) is 11.6 Å². The molecule has 2 aromatic rings. The van der Waals surface area contributed by atoms with E-state index >= 15 is 0 Å². The molecule has 0 aliphatic heterocycles. The highest BCUT2D eigenvalue weighted by Crippen LogP contribution is 2.30. The first-order valence-electron chi connectivity index (χ1n) is 8.57. The Morgan fingerprint density at radius 2 is 2.12 bits per heavy atom. The molecule has 0 aliphatic carbocycles. The molecule has 3 nitrogen and oxygen atoms in total. The molecular weight excluding hydrogens is 342 g/mol. The van der Waals surface area contributed by atoms with E-state index in [0.29, 0.717) is 0 Å². The molecule has 1 aromatic heterocycles. The summed E-state index contributed by atoms with van der Waals surface area (Å²) in [7, 11) is 1.93. The van der Waals surface area contributed by atoms with Crippen LogP contribution in [-0.2, 0) is 0 Å². The van der Waals surface area contributed by atoms with E-state index in [1.54, 1.807) is 0 Å². The molecule has 1 atom stereocenters. The second kappa shape index (κ2) is 8.72.